The van der Waals surface area contributed by atoms with E-state index in [2.05, 4.69) is 39.2 Å². The van der Waals surface area contributed by atoms with Crippen molar-refractivity contribution < 1.29 is 4.79 Å². The van der Waals surface area contributed by atoms with Gasteiger partial charge in [0.15, 0.2) is 0 Å². The summed E-state index contributed by atoms with van der Waals surface area (Å²) in [4.78, 5) is 26.2. The third kappa shape index (κ3) is 4.61. The summed E-state index contributed by atoms with van der Waals surface area (Å²) < 4.78 is 0. The largest absolute Gasteiger partial charge is 0.335 e. The van der Waals surface area contributed by atoms with E-state index in [1.54, 1.807) is 0 Å². The minimum Gasteiger partial charge on any atom is -0.335 e. The highest BCUT2D eigenvalue weighted by atomic mass is 16.2. The molecule has 1 saturated carbocycles. The van der Waals surface area contributed by atoms with Gasteiger partial charge in [0, 0.05) is 44.3 Å². The normalized spacial score (nSPS) is 18.2. The van der Waals surface area contributed by atoms with Crippen molar-refractivity contribution >= 4 is 12.0 Å². The Kier molecular flexibility index (Phi) is 5.30. The van der Waals surface area contributed by atoms with Crippen LogP contribution in [0.4, 0.5) is 0 Å². The second-order valence-corrected chi connectivity index (χ2v) is 7.43. The van der Waals surface area contributed by atoms with Gasteiger partial charge in [-0.2, -0.15) is 0 Å². The average molecular weight is 362 g/mol. The molecule has 140 valence electrons. The quantitative estimate of drug-likeness (QED) is 0.820. The highest BCUT2D eigenvalue weighted by Crippen LogP contribution is 2.38. The van der Waals surface area contributed by atoms with E-state index in [-0.39, 0.29) is 5.91 Å². The fourth-order valence-corrected chi connectivity index (χ4v) is 3.42. The molecule has 5 heteroatoms. The van der Waals surface area contributed by atoms with E-state index in [0.29, 0.717) is 11.6 Å². The summed E-state index contributed by atoms with van der Waals surface area (Å²) in [5.74, 6) is 1.36. The molecule has 5 nitrogen and oxygen atoms in total. The van der Waals surface area contributed by atoms with E-state index in [1.165, 1.54) is 5.56 Å². The number of aromatic nitrogens is 2. The number of rotatable bonds is 5. The zero-order valence-corrected chi connectivity index (χ0v) is 15.8. The Morgan fingerprint density at radius 1 is 1.11 bits per heavy atom. The molecule has 1 amide bonds. The molecular weight excluding hydrogens is 336 g/mol. The summed E-state index contributed by atoms with van der Waals surface area (Å²) in [5.41, 5.74) is 2.67. The lowest BCUT2D eigenvalue weighted by Gasteiger charge is -2.34. The van der Waals surface area contributed by atoms with E-state index < -0.39 is 0 Å². The van der Waals surface area contributed by atoms with Crippen molar-refractivity contribution in [3.05, 3.63) is 65.2 Å². The first-order valence-corrected chi connectivity index (χ1v) is 9.78. The van der Waals surface area contributed by atoms with Gasteiger partial charge in [0.05, 0.1) is 0 Å². The van der Waals surface area contributed by atoms with Gasteiger partial charge in [0.1, 0.15) is 11.5 Å². The third-order valence-electron chi connectivity index (χ3n) is 5.17. The summed E-state index contributed by atoms with van der Waals surface area (Å²) >= 11 is 0. The van der Waals surface area contributed by atoms with Gasteiger partial charge in [-0.05, 0) is 31.4 Å². The second kappa shape index (κ2) is 8.01. The molecule has 0 bridgehead atoms. The van der Waals surface area contributed by atoms with Crippen molar-refractivity contribution in [1.29, 1.82) is 0 Å². The van der Waals surface area contributed by atoms with Gasteiger partial charge in [-0.15, -0.1) is 0 Å². The Labute approximate surface area is 160 Å². The van der Waals surface area contributed by atoms with E-state index in [1.807, 2.05) is 36.1 Å². The molecular formula is C22H26N4O. The Morgan fingerprint density at radius 3 is 2.56 bits per heavy atom. The van der Waals surface area contributed by atoms with Gasteiger partial charge in [-0.1, -0.05) is 42.5 Å². The van der Waals surface area contributed by atoms with Crippen LogP contribution in [0.2, 0.25) is 0 Å². The number of piperazine rings is 1. The Bertz CT molecular complexity index is 821. The second-order valence-electron chi connectivity index (χ2n) is 7.43. The van der Waals surface area contributed by atoms with Crippen molar-refractivity contribution in [2.24, 2.45) is 0 Å². The maximum absolute atomic E-state index is 12.9. The number of aryl methyl sites for hydroxylation is 1. The molecule has 0 N–H and O–H groups in total. The molecule has 0 radical (unpaired) electrons. The Hall–Kier alpha value is -2.53. The number of nitrogens with zero attached hydrogens (tertiary/aromatic N) is 4. The van der Waals surface area contributed by atoms with Crippen LogP contribution >= 0.6 is 0 Å². The minimum atomic E-state index is 0.0434. The highest BCUT2D eigenvalue weighted by molar-refractivity contribution is 5.92. The Morgan fingerprint density at radius 2 is 1.85 bits per heavy atom. The van der Waals surface area contributed by atoms with Crippen molar-refractivity contribution in [1.82, 2.24) is 19.8 Å². The van der Waals surface area contributed by atoms with Gasteiger partial charge in [-0.25, -0.2) is 9.97 Å². The van der Waals surface area contributed by atoms with E-state index in [4.69, 9.17) is 0 Å². The Balaban J connectivity index is 1.31. The lowest BCUT2D eigenvalue weighted by Crippen LogP contribution is -2.48. The van der Waals surface area contributed by atoms with Gasteiger partial charge in [-0.3, -0.25) is 9.69 Å². The number of carbonyl (C=O) groups is 1. The maximum atomic E-state index is 12.9. The van der Waals surface area contributed by atoms with Crippen LogP contribution in [-0.4, -0.2) is 58.4 Å². The predicted molar refractivity (Wildman–Crippen MR) is 107 cm³/mol. The molecule has 2 heterocycles. The summed E-state index contributed by atoms with van der Waals surface area (Å²) in [7, 11) is 0. The molecule has 1 aliphatic heterocycles. The molecule has 2 fully saturated rings. The van der Waals surface area contributed by atoms with Crippen LogP contribution in [0.5, 0.6) is 0 Å². The van der Waals surface area contributed by atoms with Crippen LogP contribution in [0.3, 0.4) is 0 Å². The van der Waals surface area contributed by atoms with Crippen molar-refractivity contribution in [3.63, 3.8) is 0 Å². The molecule has 1 aromatic heterocycles. The number of amides is 1. The number of benzene rings is 1. The fraction of sp³-hybridized carbons (Fsp3) is 0.409. The van der Waals surface area contributed by atoms with Crippen LogP contribution in [0, 0.1) is 6.92 Å². The predicted octanol–water partition coefficient (Wildman–Crippen LogP) is 3.13. The molecule has 2 aliphatic rings. The van der Waals surface area contributed by atoms with Gasteiger partial charge >= 0.3 is 0 Å². The molecule has 4 rings (SSSR count). The third-order valence-corrected chi connectivity index (χ3v) is 5.17. The molecule has 0 unspecified atom stereocenters. The van der Waals surface area contributed by atoms with Crippen molar-refractivity contribution in [2.45, 2.75) is 25.7 Å². The fourth-order valence-electron chi connectivity index (χ4n) is 3.42. The summed E-state index contributed by atoms with van der Waals surface area (Å²) in [6.07, 6.45) is 6.64. The molecule has 2 aromatic rings. The van der Waals surface area contributed by atoms with Crippen LogP contribution in [-0.2, 0) is 0 Å². The summed E-state index contributed by atoms with van der Waals surface area (Å²) in [5, 5.41) is 0. The van der Waals surface area contributed by atoms with E-state index >= 15 is 0 Å². The number of hydrogen-bond acceptors (Lipinski definition) is 4. The van der Waals surface area contributed by atoms with Gasteiger partial charge in [0.25, 0.3) is 5.91 Å². The SMILES string of the molecule is Cc1cc(C(=O)N2CCN(CC=Cc3ccccc3)CC2)nc(C2CC2)n1. The molecule has 1 aliphatic carbocycles. The van der Waals surface area contributed by atoms with Crippen LogP contribution in [0.25, 0.3) is 6.08 Å². The van der Waals surface area contributed by atoms with Crippen LogP contribution in [0.1, 0.15) is 46.3 Å². The van der Waals surface area contributed by atoms with E-state index in [0.717, 1.165) is 57.1 Å². The molecule has 1 saturated heterocycles. The smallest absolute Gasteiger partial charge is 0.272 e. The van der Waals surface area contributed by atoms with Crippen molar-refractivity contribution in [3.8, 4) is 0 Å². The zero-order valence-electron chi connectivity index (χ0n) is 15.8. The molecule has 27 heavy (non-hydrogen) atoms. The summed E-state index contributed by atoms with van der Waals surface area (Å²) in [6, 6.07) is 12.2. The van der Waals surface area contributed by atoms with Gasteiger partial charge in [0.2, 0.25) is 0 Å². The standard InChI is InChI=1S/C22H26N4O/c1-17-16-20(24-21(23-17)19-9-10-19)22(27)26-14-12-25(13-15-26)11-5-8-18-6-3-2-4-7-18/h2-8,16,19H,9-15H2,1H3. The molecule has 1 aromatic carbocycles. The number of hydrogen-bond donors (Lipinski definition) is 0. The monoisotopic (exact) mass is 362 g/mol. The van der Waals surface area contributed by atoms with Gasteiger partial charge < -0.3 is 4.90 Å². The van der Waals surface area contributed by atoms with Crippen molar-refractivity contribution in [2.75, 3.05) is 32.7 Å². The molecule has 0 atom stereocenters. The molecule has 0 spiro atoms. The lowest BCUT2D eigenvalue weighted by atomic mass is 10.2. The van der Waals surface area contributed by atoms with Crippen LogP contribution < -0.4 is 0 Å². The maximum Gasteiger partial charge on any atom is 0.272 e. The topological polar surface area (TPSA) is 49.3 Å². The first kappa shape index (κ1) is 17.9. The van der Waals surface area contributed by atoms with Crippen LogP contribution in [0.15, 0.2) is 42.5 Å². The first-order valence-electron chi connectivity index (χ1n) is 9.78. The highest BCUT2D eigenvalue weighted by Gasteiger charge is 2.29. The van der Waals surface area contributed by atoms with E-state index in [9.17, 15) is 4.79 Å². The average Bonchev–Trinajstić information content (AvgIpc) is 3.54. The first-order chi connectivity index (χ1) is 13.2. The zero-order chi connectivity index (χ0) is 18.6. The minimum absolute atomic E-state index is 0.0434. The summed E-state index contributed by atoms with van der Waals surface area (Å²) in [6.45, 7) is 6.14. The number of carbonyl (C=O) groups excluding carboxylic acids is 1. The lowest BCUT2D eigenvalue weighted by molar-refractivity contribution is 0.0644.